The molecule has 1 N–H and O–H groups in total. The molecule has 3 aromatic heterocycles. The molecule has 0 saturated heterocycles. The second-order valence-corrected chi connectivity index (χ2v) is 19.2. The molecule has 0 saturated carbocycles. The van der Waals surface area contributed by atoms with Crippen LogP contribution in [-0.4, -0.2) is 19.5 Å². The molecule has 0 fully saturated rings. The maximum Gasteiger partial charge on any atom is 0.147 e. The van der Waals surface area contributed by atoms with Gasteiger partial charge in [0.15, 0.2) is 0 Å². The molecule has 0 spiro atoms. The number of H-pyrrole nitrogens is 1. The Morgan fingerprint density at radius 3 is 1.92 bits per heavy atom. The molecular formula is C60H50N4. The largest absolute Gasteiger partial charge is 0.354 e. The van der Waals surface area contributed by atoms with Gasteiger partial charge in [0.05, 0.1) is 27.9 Å². The minimum absolute atomic E-state index is 0.00993. The third kappa shape index (κ3) is 6.78. The average molecular weight is 827 g/mol. The number of hydrogen-bond acceptors (Lipinski definition) is 2. The van der Waals surface area contributed by atoms with E-state index in [0.717, 1.165) is 83.6 Å². The van der Waals surface area contributed by atoms with Crippen molar-refractivity contribution < 1.29 is 0 Å². The van der Waals surface area contributed by atoms with E-state index in [9.17, 15) is 0 Å². The van der Waals surface area contributed by atoms with E-state index in [4.69, 9.17) is 9.97 Å². The van der Waals surface area contributed by atoms with E-state index in [1.54, 1.807) is 0 Å². The van der Waals surface area contributed by atoms with E-state index in [1.165, 1.54) is 32.8 Å². The Bertz CT molecular complexity index is 3560. The minimum atomic E-state index is -0.122. The molecule has 4 heteroatoms. The van der Waals surface area contributed by atoms with E-state index in [0.29, 0.717) is 0 Å². The number of imidazole rings is 1. The first-order valence-electron chi connectivity index (χ1n) is 22.3. The summed E-state index contributed by atoms with van der Waals surface area (Å²) in [5.41, 5.74) is 17.6. The number of pyridine rings is 1. The summed E-state index contributed by atoms with van der Waals surface area (Å²) in [6.45, 7) is 13.8. The number of hydrogen-bond donors (Lipinski definition) is 1. The highest BCUT2D eigenvalue weighted by Crippen LogP contribution is 2.44. The van der Waals surface area contributed by atoms with Gasteiger partial charge >= 0.3 is 0 Å². The van der Waals surface area contributed by atoms with Gasteiger partial charge in [0.25, 0.3) is 0 Å². The molecule has 0 aliphatic carbocycles. The van der Waals surface area contributed by atoms with Gasteiger partial charge in [0, 0.05) is 44.7 Å². The maximum atomic E-state index is 5.86. The van der Waals surface area contributed by atoms with Crippen molar-refractivity contribution in [3.63, 3.8) is 0 Å². The van der Waals surface area contributed by atoms with E-state index >= 15 is 0 Å². The summed E-state index contributed by atoms with van der Waals surface area (Å²) < 4.78 is 2.41. The van der Waals surface area contributed by atoms with Crippen molar-refractivity contribution in [3.05, 3.63) is 199 Å². The van der Waals surface area contributed by atoms with Gasteiger partial charge in [-0.1, -0.05) is 163 Å². The molecule has 64 heavy (non-hydrogen) atoms. The monoisotopic (exact) mass is 826 g/mol. The lowest BCUT2D eigenvalue weighted by atomic mass is 9.84. The summed E-state index contributed by atoms with van der Waals surface area (Å²) in [5.74, 6) is 0.891. The second kappa shape index (κ2) is 15.1. The van der Waals surface area contributed by atoms with Crippen LogP contribution in [0.25, 0.3) is 105 Å². The van der Waals surface area contributed by atoms with Gasteiger partial charge in [-0.15, -0.1) is 0 Å². The fourth-order valence-corrected chi connectivity index (χ4v) is 9.43. The van der Waals surface area contributed by atoms with Gasteiger partial charge in [-0.25, -0.2) is 4.98 Å². The first kappa shape index (κ1) is 39.3. The Balaban J connectivity index is 1.23. The van der Waals surface area contributed by atoms with Crippen LogP contribution in [0.1, 0.15) is 52.7 Å². The van der Waals surface area contributed by atoms with Gasteiger partial charge in [-0.05, 0) is 116 Å². The zero-order chi connectivity index (χ0) is 43.7. The third-order valence-corrected chi connectivity index (χ3v) is 12.9. The zero-order valence-corrected chi connectivity index (χ0v) is 37.2. The highest BCUT2D eigenvalue weighted by Gasteiger charge is 2.26. The third-order valence-electron chi connectivity index (χ3n) is 12.9. The number of nitrogens with zero attached hydrogens (tertiary/aromatic N) is 3. The maximum absolute atomic E-state index is 5.86. The van der Waals surface area contributed by atoms with Crippen LogP contribution in [0.4, 0.5) is 0 Å². The molecule has 0 unspecified atom stereocenters. The van der Waals surface area contributed by atoms with E-state index in [-0.39, 0.29) is 10.8 Å². The highest BCUT2D eigenvalue weighted by atomic mass is 15.1. The predicted molar refractivity (Wildman–Crippen MR) is 270 cm³/mol. The van der Waals surface area contributed by atoms with Crippen molar-refractivity contribution in [1.29, 1.82) is 0 Å². The molecule has 11 aromatic rings. The molecule has 0 atom stereocenters. The summed E-state index contributed by atoms with van der Waals surface area (Å²) in [4.78, 5) is 14.7. The quantitative estimate of drug-likeness (QED) is 0.181. The first-order chi connectivity index (χ1) is 31.0. The molecule has 0 aliphatic heterocycles. The van der Waals surface area contributed by atoms with E-state index in [1.807, 2.05) is 6.20 Å². The molecule has 4 nitrogen and oxygen atoms in total. The van der Waals surface area contributed by atoms with Crippen LogP contribution >= 0.6 is 0 Å². The molecule has 8 aromatic carbocycles. The van der Waals surface area contributed by atoms with Crippen LogP contribution in [0, 0.1) is 0 Å². The molecule has 0 aliphatic rings. The highest BCUT2D eigenvalue weighted by molar-refractivity contribution is 6.13. The van der Waals surface area contributed by atoms with Crippen molar-refractivity contribution in [2.24, 2.45) is 0 Å². The SMILES string of the molecule is CC(C)(C)c1ccc2[nH]c3c(-c4nc5c(-c6cc(-c7cc(-c8ccccc8)ccn7)cc7ccccc67)cccc5n4-c4ccccc4-c4ccccc4)cc(C(C)(C)C)cc3c2c1. The Labute approximate surface area is 374 Å². The van der Waals surface area contributed by atoms with Crippen molar-refractivity contribution in [2.75, 3.05) is 0 Å². The Kier molecular flexibility index (Phi) is 9.25. The van der Waals surface area contributed by atoms with Crippen LogP contribution in [0.3, 0.4) is 0 Å². The second-order valence-electron chi connectivity index (χ2n) is 19.2. The summed E-state index contributed by atoms with van der Waals surface area (Å²) in [6, 6.07) is 65.9. The lowest BCUT2D eigenvalue weighted by Gasteiger charge is -2.21. The van der Waals surface area contributed by atoms with Crippen LogP contribution in [0.2, 0.25) is 0 Å². The number of aromatic nitrogens is 4. The normalized spacial score (nSPS) is 12.2. The molecular weight excluding hydrogens is 777 g/mol. The lowest BCUT2D eigenvalue weighted by molar-refractivity contribution is 0.590. The van der Waals surface area contributed by atoms with Gasteiger partial charge in [-0.2, -0.15) is 0 Å². The number of para-hydroxylation sites is 2. The van der Waals surface area contributed by atoms with Crippen LogP contribution in [0.5, 0.6) is 0 Å². The molecule has 11 rings (SSSR count). The molecule has 310 valence electrons. The van der Waals surface area contributed by atoms with Crippen LogP contribution in [-0.2, 0) is 10.8 Å². The Morgan fingerprint density at radius 1 is 0.453 bits per heavy atom. The van der Waals surface area contributed by atoms with Crippen molar-refractivity contribution >= 4 is 43.6 Å². The average Bonchev–Trinajstić information content (AvgIpc) is 3.90. The van der Waals surface area contributed by atoms with Crippen LogP contribution < -0.4 is 0 Å². The summed E-state index contributed by atoms with van der Waals surface area (Å²) >= 11 is 0. The van der Waals surface area contributed by atoms with Crippen molar-refractivity contribution in [2.45, 2.75) is 52.4 Å². The Morgan fingerprint density at radius 2 is 1.14 bits per heavy atom. The predicted octanol–water partition coefficient (Wildman–Crippen LogP) is 16.1. The van der Waals surface area contributed by atoms with Gasteiger partial charge in [0.2, 0.25) is 0 Å². The molecule has 0 radical (unpaired) electrons. The molecule has 3 heterocycles. The summed E-state index contributed by atoms with van der Waals surface area (Å²) in [7, 11) is 0. The molecule has 0 amide bonds. The summed E-state index contributed by atoms with van der Waals surface area (Å²) in [6.07, 6.45) is 1.92. The number of rotatable bonds is 6. The standard InChI is InChI=1S/C60H50N4/c1-59(2,3)43-28-29-52-49(35-43)50-36-44(60(4,5)6)37-51(56(50)62-52)58-63-57-47(25-17-27-55(57)64(58)54-26-16-15-24-46(54)39-20-11-8-12-21-39)48-33-42(32-41-22-13-14-23-45(41)48)53-34-40(30-31-61-53)38-18-9-7-10-19-38/h7-37,62H,1-6H3. The minimum Gasteiger partial charge on any atom is -0.354 e. The van der Waals surface area contributed by atoms with E-state index < -0.39 is 0 Å². The fourth-order valence-electron chi connectivity index (χ4n) is 9.43. The number of aromatic amines is 1. The van der Waals surface area contributed by atoms with Gasteiger partial charge in [-0.3, -0.25) is 9.55 Å². The van der Waals surface area contributed by atoms with Gasteiger partial charge in [0.1, 0.15) is 5.82 Å². The first-order valence-corrected chi connectivity index (χ1v) is 22.3. The van der Waals surface area contributed by atoms with Gasteiger partial charge < -0.3 is 4.98 Å². The van der Waals surface area contributed by atoms with Crippen molar-refractivity contribution in [3.8, 4) is 61.7 Å². The molecule has 0 bridgehead atoms. The fraction of sp³-hybridized carbons (Fsp3) is 0.133. The number of nitrogens with one attached hydrogen (secondary N) is 1. The summed E-state index contributed by atoms with van der Waals surface area (Å²) in [5, 5.41) is 4.76. The van der Waals surface area contributed by atoms with E-state index in [2.05, 4.69) is 233 Å². The number of benzene rings is 8. The number of fused-ring (bicyclic) bond motifs is 5. The topological polar surface area (TPSA) is 46.5 Å². The zero-order valence-electron chi connectivity index (χ0n) is 37.2. The Hall–Kier alpha value is -7.56. The smallest absolute Gasteiger partial charge is 0.147 e. The van der Waals surface area contributed by atoms with Crippen LogP contribution in [0.15, 0.2) is 188 Å². The lowest BCUT2D eigenvalue weighted by Crippen LogP contribution is -2.11. The van der Waals surface area contributed by atoms with Crippen molar-refractivity contribution in [1.82, 2.24) is 19.5 Å².